The van der Waals surface area contributed by atoms with E-state index in [0.29, 0.717) is 0 Å². The fraction of sp³-hybridized carbons (Fsp3) is 0.800. The van der Waals surface area contributed by atoms with E-state index in [4.69, 9.17) is 0 Å². The van der Waals surface area contributed by atoms with Crippen LogP contribution in [0.4, 0.5) is 0 Å². The van der Waals surface area contributed by atoms with Crippen LogP contribution >= 0.6 is 0 Å². The van der Waals surface area contributed by atoms with Crippen molar-refractivity contribution in [1.82, 2.24) is 0 Å². The average molecular weight is 418 g/mol. The van der Waals surface area contributed by atoms with Gasteiger partial charge in [0.25, 0.3) is 0 Å². The van der Waals surface area contributed by atoms with Gasteiger partial charge in [0, 0.05) is 17.9 Å². The van der Waals surface area contributed by atoms with Crippen molar-refractivity contribution in [3.8, 4) is 0 Å². The first-order valence-corrected chi connectivity index (χ1v) is 6.97. The van der Waals surface area contributed by atoms with Crippen LogP contribution in [-0.4, -0.2) is 43.8 Å². The molecule has 0 aliphatic rings. The van der Waals surface area contributed by atoms with E-state index in [1.807, 2.05) is 41.5 Å². The van der Waals surface area contributed by atoms with Crippen LogP contribution in [0.3, 0.4) is 0 Å². The zero-order chi connectivity index (χ0) is 17.6. The second-order valence-corrected chi connectivity index (χ2v) is 5.91. The Kier molecular flexibility index (Phi) is 24.4. The van der Waals surface area contributed by atoms with Crippen LogP contribution in [0.15, 0.2) is 0 Å². The van der Waals surface area contributed by atoms with Crippen molar-refractivity contribution in [2.45, 2.75) is 60.8 Å². The molecule has 0 saturated carbocycles. The molecule has 0 spiro atoms. The van der Waals surface area contributed by atoms with E-state index < -0.39 is 17.9 Å². The minimum atomic E-state index is -0.963. The third kappa shape index (κ3) is 50.6. The monoisotopic (exact) mass is 418 g/mol. The number of rotatable bonds is 6. The Morgan fingerprint density at radius 2 is 0.727 bits per heavy atom. The summed E-state index contributed by atoms with van der Waals surface area (Å²) in [7, 11) is 0. The van der Waals surface area contributed by atoms with Crippen LogP contribution in [0.5, 0.6) is 0 Å². The van der Waals surface area contributed by atoms with Crippen LogP contribution < -0.4 is 15.3 Å². The summed E-state index contributed by atoms with van der Waals surface area (Å²) in [4.78, 5) is 29.1. The molecule has 0 fully saturated rings. The van der Waals surface area contributed by atoms with Crippen LogP contribution in [0, 0.1) is 17.8 Å². The van der Waals surface area contributed by atoms with E-state index in [0.717, 1.165) is 0 Å². The number of carbonyl (C=O) groups is 3. The molecule has 22 heavy (non-hydrogen) atoms. The molecule has 0 unspecified atom stereocenters. The van der Waals surface area contributed by atoms with Gasteiger partial charge >= 0.3 is 25.8 Å². The van der Waals surface area contributed by atoms with E-state index in [1.54, 1.807) is 0 Å². The van der Waals surface area contributed by atoms with E-state index in [2.05, 4.69) is 0 Å². The molecule has 0 aliphatic heterocycles. The van der Waals surface area contributed by atoms with Gasteiger partial charge in [0.15, 0.2) is 0 Å². The zero-order valence-corrected chi connectivity index (χ0v) is 17.7. The number of carboxylic acid groups (broad SMARTS) is 3. The van der Waals surface area contributed by atoms with Gasteiger partial charge < -0.3 is 29.7 Å². The largest absolute Gasteiger partial charge is 3.00 e. The Hall–Kier alpha value is -0.720. The standard InChI is InChI=1S/3C5H10O2.In/c3*1-4(2)3-5(6)7;/h3*4H,3H2,1-2H3,(H,6,7);/q;;;+3/p-3. The Labute approximate surface area is 152 Å². The van der Waals surface area contributed by atoms with Gasteiger partial charge in [-0.2, -0.15) is 0 Å². The Morgan fingerprint density at radius 3 is 0.727 bits per heavy atom. The van der Waals surface area contributed by atoms with Gasteiger partial charge in [-0.25, -0.2) is 0 Å². The van der Waals surface area contributed by atoms with E-state index in [1.165, 1.54) is 0 Å². The minimum absolute atomic E-state index is 0. The van der Waals surface area contributed by atoms with E-state index in [-0.39, 0.29) is 62.9 Å². The Balaban J connectivity index is -0.000000108. The third-order valence-electron chi connectivity index (χ3n) is 1.72. The van der Waals surface area contributed by atoms with Gasteiger partial charge in [-0.15, -0.1) is 0 Å². The van der Waals surface area contributed by atoms with Crippen molar-refractivity contribution >= 4 is 43.8 Å². The molecule has 0 rings (SSSR count). The molecular formula is C15H27InO6. The average Bonchev–Trinajstić information content (AvgIpc) is 2.10. The molecule has 0 aliphatic carbocycles. The molecule has 0 aromatic rings. The van der Waals surface area contributed by atoms with E-state index in [9.17, 15) is 29.7 Å². The van der Waals surface area contributed by atoms with Gasteiger partial charge in [0.2, 0.25) is 0 Å². The summed E-state index contributed by atoms with van der Waals surface area (Å²) in [5, 5.41) is 29.1. The number of hydrogen-bond acceptors (Lipinski definition) is 6. The fourth-order valence-corrected chi connectivity index (χ4v) is 1.00. The molecule has 0 saturated heterocycles. The fourth-order valence-electron chi connectivity index (χ4n) is 1.00. The maximum absolute atomic E-state index is 9.70. The summed E-state index contributed by atoms with van der Waals surface area (Å²) in [6.07, 6.45) is 0.500. The van der Waals surface area contributed by atoms with Crippen molar-refractivity contribution in [2.24, 2.45) is 17.8 Å². The zero-order valence-electron chi connectivity index (χ0n) is 14.4. The van der Waals surface area contributed by atoms with Gasteiger partial charge in [-0.05, 0) is 37.0 Å². The normalized spacial score (nSPS) is 9.14. The minimum Gasteiger partial charge on any atom is -0.550 e. The number of carbonyl (C=O) groups excluding carboxylic acids is 3. The van der Waals surface area contributed by atoms with Gasteiger partial charge in [-0.3, -0.25) is 0 Å². The van der Waals surface area contributed by atoms with Gasteiger partial charge in [0.1, 0.15) is 0 Å². The first-order chi connectivity index (χ1) is 9.38. The molecule has 0 aromatic heterocycles. The van der Waals surface area contributed by atoms with Crippen LogP contribution in [-0.2, 0) is 14.4 Å². The smallest absolute Gasteiger partial charge is 0.550 e. The van der Waals surface area contributed by atoms with E-state index >= 15 is 0 Å². The van der Waals surface area contributed by atoms with Crippen molar-refractivity contribution in [1.29, 1.82) is 0 Å². The summed E-state index contributed by atoms with van der Waals surface area (Å²) in [5.41, 5.74) is 0. The van der Waals surface area contributed by atoms with Crippen molar-refractivity contribution in [2.75, 3.05) is 0 Å². The molecule has 126 valence electrons. The summed E-state index contributed by atoms with van der Waals surface area (Å²) >= 11 is 0. The molecule has 0 heterocycles. The molecule has 0 bridgehead atoms. The van der Waals surface area contributed by atoms with Crippen LogP contribution in [0.1, 0.15) is 60.8 Å². The SMILES string of the molecule is CC(C)CC(=O)[O-].CC(C)CC(=O)[O-].CC(C)CC(=O)[O-].[In+3]. The number of aliphatic carboxylic acids is 3. The second-order valence-electron chi connectivity index (χ2n) is 5.91. The molecule has 6 nitrogen and oxygen atoms in total. The molecule has 0 aromatic carbocycles. The molecule has 0 radical (unpaired) electrons. The summed E-state index contributed by atoms with van der Waals surface area (Å²) < 4.78 is 0. The number of carboxylic acids is 3. The Bertz CT molecular complexity index is 253. The molecule has 0 amide bonds. The Morgan fingerprint density at radius 1 is 0.591 bits per heavy atom. The molecule has 0 atom stereocenters. The summed E-state index contributed by atoms with van der Waals surface area (Å²) in [5.74, 6) is -2.25. The van der Waals surface area contributed by atoms with Crippen molar-refractivity contribution < 1.29 is 29.7 Å². The summed E-state index contributed by atoms with van der Waals surface area (Å²) in [6, 6.07) is 0. The predicted octanol–water partition coefficient (Wildman–Crippen LogP) is -1.03. The summed E-state index contributed by atoms with van der Waals surface area (Å²) in [6.45, 7) is 11.1. The molecular weight excluding hydrogens is 391 g/mol. The molecule has 7 heteroatoms. The van der Waals surface area contributed by atoms with Crippen LogP contribution in [0.2, 0.25) is 0 Å². The van der Waals surface area contributed by atoms with Gasteiger partial charge in [0.05, 0.1) is 0 Å². The first kappa shape index (κ1) is 29.3. The topological polar surface area (TPSA) is 120 Å². The first-order valence-electron chi connectivity index (χ1n) is 6.97. The quantitative estimate of drug-likeness (QED) is 0.544. The van der Waals surface area contributed by atoms with Crippen molar-refractivity contribution in [3.05, 3.63) is 0 Å². The van der Waals surface area contributed by atoms with Gasteiger partial charge in [-0.1, -0.05) is 41.5 Å². The van der Waals surface area contributed by atoms with Crippen LogP contribution in [0.25, 0.3) is 0 Å². The second kappa shape index (κ2) is 18.3. The number of hydrogen-bond donors (Lipinski definition) is 0. The van der Waals surface area contributed by atoms with Crippen molar-refractivity contribution in [3.63, 3.8) is 0 Å². The molecule has 0 N–H and O–H groups in total. The third-order valence-corrected chi connectivity index (χ3v) is 1.72. The maximum atomic E-state index is 9.70. The predicted molar refractivity (Wildman–Crippen MR) is 79.1 cm³/mol. The maximum Gasteiger partial charge on any atom is 3.00 e.